The molecule has 1 aliphatic carbocycles. The molecule has 2 aromatic rings. The van der Waals surface area contributed by atoms with Crippen molar-refractivity contribution >= 4 is 23.1 Å². The molecular formula is C16H12ClNO2. The molecule has 0 bridgehead atoms. The van der Waals surface area contributed by atoms with Gasteiger partial charge >= 0.3 is 5.97 Å². The van der Waals surface area contributed by atoms with Crippen LogP contribution in [0.2, 0.25) is 5.02 Å². The second kappa shape index (κ2) is 5.10. The van der Waals surface area contributed by atoms with E-state index in [0.29, 0.717) is 10.6 Å². The summed E-state index contributed by atoms with van der Waals surface area (Å²) in [5, 5.41) is 9.71. The van der Waals surface area contributed by atoms with Crippen molar-refractivity contribution in [1.29, 1.82) is 0 Å². The Morgan fingerprint density at radius 2 is 2.10 bits per heavy atom. The molecule has 1 N–H and O–H groups in total. The number of carbonyl (C=O) groups is 1. The fraction of sp³-hybridized carbons (Fsp3) is 0.125. The first kappa shape index (κ1) is 12.9. The van der Waals surface area contributed by atoms with E-state index in [2.05, 4.69) is 11.1 Å². The molecule has 0 radical (unpaired) electrons. The van der Waals surface area contributed by atoms with Gasteiger partial charge < -0.3 is 5.11 Å². The van der Waals surface area contributed by atoms with Crippen LogP contribution in [0.4, 0.5) is 0 Å². The summed E-state index contributed by atoms with van der Waals surface area (Å²) in [5.74, 6) is -0.915. The van der Waals surface area contributed by atoms with Gasteiger partial charge in [-0.3, -0.25) is 4.98 Å². The van der Waals surface area contributed by atoms with E-state index < -0.39 is 5.97 Å². The van der Waals surface area contributed by atoms with Crippen molar-refractivity contribution in [3.05, 3.63) is 70.0 Å². The van der Waals surface area contributed by atoms with Crippen LogP contribution >= 0.6 is 11.6 Å². The summed E-state index contributed by atoms with van der Waals surface area (Å²) in [6, 6.07) is 7.12. The van der Waals surface area contributed by atoms with Gasteiger partial charge in [0, 0.05) is 18.0 Å². The largest absolute Gasteiger partial charge is 0.478 e. The molecule has 0 saturated heterocycles. The summed E-state index contributed by atoms with van der Waals surface area (Å²) in [5.41, 5.74) is 4.34. The second-order valence-electron chi connectivity index (χ2n) is 4.73. The zero-order valence-electron chi connectivity index (χ0n) is 10.6. The second-order valence-corrected chi connectivity index (χ2v) is 5.16. The normalized spacial score (nSPS) is 13.6. The van der Waals surface area contributed by atoms with Crippen LogP contribution in [0.3, 0.4) is 0 Å². The molecule has 0 unspecified atom stereocenters. The van der Waals surface area contributed by atoms with Crippen molar-refractivity contribution in [1.82, 2.24) is 4.98 Å². The third-order valence-corrected chi connectivity index (χ3v) is 3.63. The van der Waals surface area contributed by atoms with Crippen molar-refractivity contribution in [2.24, 2.45) is 0 Å². The van der Waals surface area contributed by atoms with Gasteiger partial charge in [-0.25, -0.2) is 4.79 Å². The standard InChI is InChI=1S/C16H12ClNO2/c17-13-6-12(8-18-9-13)14-3-1-2-10-4-5-11(16(19)20)7-15(10)14/h3-9H,1-2H2,(H,19,20). The van der Waals surface area contributed by atoms with E-state index in [0.717, 1.165) is 35.1 Å². The van der Waals surface area contributed by atoms with Crippen LogP contribution in [0.1, 0.15) is 33.5 Å². The summed E-state index contributed by atoms with van der Waals surface area (Å²) >= 11 is 5.99. The number of benzene rings is 1. The van der Waals surface area contributed by atoms with Gasteiger partial charge in [-0.05, 0) is 47.7 Å². The number of hydrogen-bond donors (Lipinski definition) is 1. The molecule has 0 fully saturated rings. The molecule has 3 nitrogen and oxygen atoms in total. The molecule has 20 heavy (non-hydrogen) atoms. The molecule has 1 aliphatic rings. The van der Waals surface area contributed by atoms with Gasteiger partial charge in [0.15, 0.2) is 0 Å². The van der Waals surface area contributed by atoms with E-state index in [9.17, 15) is 4.79 Å². The topological polar surface area (TPSA) is 50.2 Å². The highest BCUT2D eigenvalue weighted by molar-refractivity contribution is 6.30. The van der Waals surface area contributed by atoms with Crippen LogP contribution in [0, 0.1) is 0 Å². The number of fused-ring (bicyclic) bond motifs is 1. The minimum absolute atomic E-state index is 0.298. The Morgan fingerprint density at radius 3 is 2.85 bits per heavy atom. The SMILES string of the molecule is O=C(O)c1ccc2c(c1)C(c1cncc(Cl)c1)=CCC2. The highest BCUT2D eigenvalue weighted by atomic mass is 35.5. The number of nitrogens with zero attached hydrogens (tertiary/aromatic N) is 1. The highest BCUT2D eigenvalue weighted by Crippen LogP contribution is 2.32. The minimum atomic E-state index is -0.915. The van der Waals surface area contributed by atoms with Crippen molar-refractivity contribution in [2.45, 2.75) is 12.8 Å². The number of pyridine rings is 1. The molecule has 1 aromatic carbocycles. The Bertz CT molecular complexity index is 722. The average molecular weight is 286 g/mol. The zero-order valence-corrected chi connectivity index (χ0v) is 11.4. The smallest absolute Gasteiger partial charge is 0.335 e. The van der Waals surface area contributed by atoms with Gasteiger partial charge in [0.1, 0.15) is 0 Å². The molecule has 0 atom stereocenters. The summed E-state index contributed by atoms with van der Waals surface area (Å²) in [4.78, 5) is 15.2. The highest BCUT2D eigenvalue weighted by Gasteiger charge is 2.16. The lowest BCUT2D eigenvalue weighted by atomic mass is 9.86. The Labute approximate surface area is 121 Å². The van der Waals surface area contributed by atoms with Crippen LogP contribution < -0.4 is 0 Å². The maximum Gasteiger partial charge on any atom is 0.335 e. The van der Waals surface area contributed by atoms with Gasteiger partial charge in [0.25, 0.3) is 0 Å². The van der Waals surface area contributed by atoms with Crippen LogP contribution in [-0.2, 0) is 6.42 Å². The number of carboxylic acids is 1. The molecule has 100 valence electrons. The molecule has 4 heteroatoms. The predicted molar refractivity (Wildman–Crippen MR) is 78.0 cm³/mol. The monoisotopic (exact) mass is 285 g/mol. The van der Waals surface area contributed by atoms with E-state index >= 15 is 0 Å². The van der Waals surface area contributed by atoms with Crippen LogP contribution in [0.25, 0.3) is 5.57 Å². The third-order valence-electron chi connectivity index (χ3n) is 3.43. The first-order valence-electron chi connectivity index (χ1n) is 6.33. The summed E-state index contributed by atoms with van der Waals surface area (Å²) in [6.45, 7) is 0. The van der Waals surface area contributed by atoms with E-state index in [1.165, 1.54) is 0 Å². The molecule has 0 saturated carbocycles. The Hall–Kier alpha value is -2.13. The Balaban J connectivity index is 2.14. The lowest BCUT2D eigenvalue weighted by molar-refractivity contribution is 0.0697. The molecule has 1 aromatic heterocycles. The Kier molecular flexibility index (Phi) is 3.28. The summed E-state index contributed by atoms with van der Waals surface area (Å²) < 4.78 is 0. The number of rotatable bonds is 2. The number of carboxylic acid groups (broad SMARTS) is 1. The number of aryl methyl sites for hydroxylation is 1. The molecule has 1 heterocycles. The van der Waals surface area contributed by atoms with Gasteiger partial charge in [-0.1, -0.05) is 23.7 Å². The quantitative estimate of drug-likeness (QED) is 0.913. The van der Waals surface area contributed by atoms with E-state index in [1.807, 2.05) is 12.1 Å². The molecule has 3 rings (SSSR count). The number of aromatic nitrogens is 1. The summed E-state index contributed by atoms with van der Waals surface area (Å²) in [6.07, 6.45) is 7.30. The number of halogens is 1. The lowest BCUT2D eigenvalue weighted by Crippen LogP contribution is -2.05. The van der Waals surface area contributed by atoms with Crippen LogP contribution in [0.5, 0.6) is 0 Å². The van der Waals surface area contributed by atoms with Gasteiger partial charge in [-0.2, -0.15) is 0 Å². The molecule has 0 aliphatic heterocycles. The van der Waals surface area contributed by atoms with Crippen molar-refractivity contribution in [3.63, 3.8) is 0 Å². The maximum atomic E-state index is 11.1. The van der Waals surface area contributed by atoms with Gasteiger partial charge in [0.05, 0.1) is 10.6 Å². The average Bonchev–Trinajstić information content (AvgIpc) is 2.46. The van der Waals surface area contributed by atoms with Crippen molar-refractivity contribution < 1.29 is 9.90 Å². The molecular weight excluding hydrogens is 274 g/mol. The maximum absolute atomic E-state index is 11.1. The van der Waals surface area contributed by atoms with E-state index in [4.69, 9.17) is 16.7 Å². The van der Waals surface area contributed by atoms with Gasteiger partial charge in [-0.15, -0.1) is 0 Å². The predicted octanol–water partition coefficient (Wildman–Crippen LogP) is 3.81. The minimum Gasteiger partial charge on any atom is -0.478 e. The first-order valence-corrected chi connectivity index (χ1v) is 6.70. The first-order chi connectivity index (χ1) is 9.65. The summed E-state index contributed by atoms with van der Waals surface area (Å²) in [7, 11) is 0. The fourth-order valence-electron chi connectivity index (χ4n) is 2.49. The number of allylic oxidation sites excluding steroid dienone is 1. The number of aromatic carboxylic acids is 1. The van der Waals surface area contributed by atoms with Crippen molar-refractivity contribution in [3.8, 4) is 0 Å². The van der Waals surface area contributed by atoms with Gasteiger partial charge in [0.2, 0.25) is 0 Å². The van der Waals surface area contributed by atoms with Crippen LogP contribution in [0.15, 0.2) is 42.7 Å². The van der Waals surface area contributed by atoms with Crippen LogP contribution in [-0.4, -0.2) is 16.1 Å². The Morgan fingerprint density at radius 1 is 1.25 bits per heavy atom. The van der Waals surface area contributed by atoms with Crippen molar-refractivity contribution in [2.75, 3.05) is 0 Å². The third kappa shape index (κ3) is 2.32. The molecule has 0 spiro atoms. The van der Waals surface area contributed by atoms with E-state index in [1.54, 1.807) is 24.5 Å². The zero-order chi connectivity index (χ0) is 14.1. The lowest BCUT2D eigenvalue weighted by Gasteiger charge is -2.18. The van der Waals surface area contributed by atoms with E-state index in [-0.39, 0.29) is 0 Å². The fourth-order valence-corrected chi connectivity index (χ4v) is 2.67. The number of hydrogen-bond acceptors (Lipinski definition) is 2. The molecule has 0 amide bonds.